The van der Waals surface area contributed by atoms with E-state index in [1.807, 2.05) is 6.92 Å². The van der Waals surface area contributed by atoms with E-state index in [4.69, 9.17) is 4.74 Å². The molecule has 1 aliphatic carbocycles. The molecule has 3 heteroatoms. The number of hydrogen-bond acceptors (Lipinski definition) is 2. The largest absolute Gasteiger partial charge is 0.481 e. The molecule has 0 aliphatic heterocycles. The molecule has 0 aromatic heterocycles. The lowest BCUT2D eigenvalue weighted by Gasteiger charge is -2.41. The van der Waals surface area contributed by atoms with Gasteiger partial charge in [0.2, 0.25) is 0 Å². The number of carboxylic acids is 1. The van der Waals surface area contributed by atoms with Crippen molar-refractivity contribution in [1.82, 2.24) is 0 Å². The summed E-state index contributed by atoms with van der Waals surface area (Å²) in [7, 11) is 0. The van der Waals surface area contributed by atoms with Crippen LogP contribution in [0.25, 0.3) is 0 Å². The van der Waals surface area contributed by atoms with Gasteiger partial charge in [0.05, 0.1) is 5.41 Å². The van der Waals surface area contributed by atoms with E-state index in [1.165, 1.54) is 0 Å². The predicted octanol–water partition coefficient (Wildman–Crippen LogP) is 3.72. The van der Waals surface area contributed by atoms with Crippen LogP contribution in [-0.4, -0.2) is 24.3 Å². The summed E-state index contributed by atoms with van der Waals surface area (Å²) in [5, 5.41) is 9.52. The van der Waals surface area contributed by atoms with Crippen LogP contribution in [0.3, 0.4) is 0 Å². The van der Waals surface area contributed by atoms with Crippen LogP contribution in [0.15, 0.2) is 0 Å². The molecule has 18 heavy (non-hydrogen) atoms. The fraction of sp³-hybridized carbons (Fsp3) is 0.933. The molecular weight excluding hydrogens is 228 g/mol. The van der Waals surface area contributed by atoms with E-state index >= 15 is 0 Å². The van der Waals surface area contributed by atoms with Gasteiger partial charge in [0.25, 0.3) is 0 Å². The highest BCUT2D eigenvalue weighted by Gasteiger charge is 2.43. The van der Waals surface area contributed by atoms with Gasteiger partial charge in [-0.1, -0.05) is 20.8 Å². The molecule has 106 valence electrons. The fourth-order valence-corrected chi connectivity index (χ4v) is 3.02. The molecule has 0 atom stereocenters. The van der Waals surface area contributed by atoms with Crippen molar-refractivity contribution >= 4 is 5.97 Å². The molecule has 1 rings (SSSR count). The maximum atomic E-state index is 11.6. The van der Waals surface area contributed by atoms with Crippen LogP contribution in [0.2, 0.25) is 0 Å². The molecule has 1 aliphatic rings. The second kappa shape index (κ2) is 6.05. The molecule has 0 aromatic carbocycles. The van der Waals surface area contributed by atoms with Gasteiger partial charge in [-0.05, 0) is 50.4 Å². The number of carboxylic acid groups (broad SMARTS) is 1. The quantitative estimate of drug-likeness (QED) is 0.763. The Labute approximate surface area is 111 Å². The highest BCUT2D eigenvalue weighted by atomic mass is 16.5. The van der Waals surface area contributed by atoms with Crippen LogP contribution in [0, 0.1) is 16.7 Å². The SMILES string of the molecule is CCOCCC1(C(=O)O)CCC(C(C)(C)C)CC1. The lowest BCUT2D eigenvalue weighted by atomic mass is 9.63. The predicted molar refractivity (Wildman–Crippen MR) is 72.6 cm³/mol. The first kappa shape index (κ1) is 15.5. The van der Waals surface area contributed by atoms with Crippen molar-refractivity contribution in [3.8, 4) is 0 Å². The van der Waals surface area contributed by atoms with Gasteiger partial charge >= 0.3 is 5.97 Å². The molecule has 0 amide bonds. The zero-order valence-electron chi connectivity index (χ0n) is 12.3. The van der Waals surface area contributed by atoms with Crippen LogP contribution >= 0.6 is 0 Å². The van der Waals surface area contributed by atoms with Gasteiger partial charge in [0, 0.05) is 13.2 Å². The summed E-state index contributed by atoms with van der Waals surface area (Å²) in [6.45, 7) is 9.95. The molecule has 0 unspecified atom stereocenters. The molecule has 0 bridgehead atoms. The highest BCUT2D eigenvalue weighted by molar-refractivity contribution is 5.74. The normalized spacial score (nSPS) is 29.2. The number of carbonyl (C=O) groups is 1. The van der Waals surface area contributed by atoms with Crippen LogP contribution in [0.4, 0.5) is 0 Å². The summed E-state index contributed by atoms with van der Waals surface area (Å²) in [6.07, 6.45) is 4.32. The Morgan fingerprint density at radius 3 is 2.28 bits per heavy atom. The third kappa shape index (κ3) is 3.71. The minimum Gasteiger partial charge on any atom is -0.481 e. The van der Waals surface area contributed by atoms with Crippen LogP contribution in [-0.2, 0) is 9.53 Å². The van der Waals surface area contributed by atoms with Crippen molar-refractivity contribution in [1.29, 1.82) is 0 Å². The molecular formula is C15H28O3. The molecule has 1 fully saturated rings. The number of hydrogen-bond donors (Lipinski definition) is 1. The Morgan fingerprint density at radius 2 is 1.89 bits per heavy atom. The van der Waals surface area contributed by atoms with Gasteiger partial charge in [-0.2, -0.15) is 0 Å². The average molecular weight is 256 g/mol. The number of ether oxygens (including phenoxy) is 1. The number of aliphatic carboxylic acids is 1. The maximum absolute atomic E-state index is 11.6. The zero-order chi connectivity index (χ0) is 13.8. The van der Waals surface area contributed by atoms with Crippen LogP contribution < -0.4 is 0 Å². The Balaban J connectivity index is 2.60. The van der Waals surface area contributed by atoms with E-state index in [0.717, 1.165) is 25.7 Å². The topological polar surface area (TPSA) is 46.5 Å². The second-order valence-corrected chi connectivity index (χ2v) is 6.67. The summed E-state index contributed by atoms with van der Waals surface area (Å²) in [5.74, 6) is 0.0200. The van der Waals surface area contributed by atoms with Gasteiger partial charge in [-0.25, -0.2) is 0 Å². The molecule has 0 heterocycles. The minimum atomic E-state index is -0.630. The van der Waals surface area contributed by atoms with E-state index < -0.39 is 11.4 Å². The molecule has 1 N–H and O–H groups in total. The molecule has 0 aromatic rings. The summed E-state index contributed by atoms with van der Waals surface area (Å²) in [5.41, 5.74) is -0.235. The van der Waals surface area contributed by atoms with Crippen LogP contribution in [0.1, 0.15) is 59.8 Å². The summed E-state index contributed by atoms with van der Waals surface area (Å²) < 4.78 is 5.34. The van der Waals surface area contributed by atoms with Crippen molar-refractivity contribution in [2.45, 2.75) is 59.8 Å². The highest BCUT2D eigenvalue weighted by Crippen LogP contribution is 2.47. The fourth-order valence-electron chi connectivity index (χ4n) is 3.02. The smallest absolute Gasteiger partial charge is 0.309 e. The summed E-state index contributed by atoms with van der Waals surface area (Å²) in [4.78, 5) is 11.6. The lowest BCUT2D eigenvalue weighted by molar-refractivity contribution is -0.154. The first-order valence-electron chi connectivity index (χ1n) is 7.13. The monoisotopic (exact) mass is 256 g/mol. The molecule has 0 spiro atoms. The summed E-state index contributed by atoms with van der Waals surface area (Å²) in [6, 6.07) is 0. The third-order valence-corrected chi connectivity index (χ3v) is 4.55. The average Bonchev–Trinajstić information content (AvgIpc) is 2.28. The van der Waals surface area contributed by atoms with Crippen molar-refractivity contribution in [2.75, 3.05) is 13.2 Å². The van der Waals surface area contributed by atoms with Crippen molar-refractivity contribution in [3.63, 3.8) is 0 Å². The van der Waals surface area contributed by atoms with Crippen molar-refractivity contribution in [3.05, 3.63) is 0 Å². The Hall–Kier alpha value is -0.570. The van der Waals surface area contributed by atoms with E-state index in [9.17, 15) is 9.90 Å². The van der Waals surface area contributed by atoms with Crippen molar-refractivity contribution < 1.29 is 14.6 Å². The van der Waals surface area contributed by atoms with Crippen LogP contribution in [0.5, 0.6) is 0 Å². The van der Waals surface area contributed by atoms with Gasteiger partial charge in [0.1, 0.15) is 0 Å². The van der Waals surface area contributed by atoms with E-state index in [2.05, 4.69) is 20.8 Å². The Bertz CT molecular complexity index is 270. The van der Waals surface area contributed by atoms with Crippen molar-refractivity contribution in [2.24, 2.45) is 16.7 Å². The molecule has 3 nitrogen and oxygen atoms in total. The third-order valence-electron chi connectivity index (χ3n) is 4.55. The second-order valence-electron chi connectivity index (χ2n) is 6.67. The minimum absolute atomic E-state index is 0.296. The Morgan fingerprint density at radius 1 is 1.33 bits per heavy atom. The Kier molecular flexibility index (Phi) is 5.20. The van der Waals surface area contributed by atoms with Gasteiger partial charge in [0.15, 0.2) is 0 Å². The molecule has 0 radical (unpaired) electrons. The zero-order valence-corrected chi connectivity index (χ0v) is 12.3. The van der Waals surface area contributed by atoms with Gasteiger partial charge < -0.3 is 9.84 Å². The molecule has 1 saturated carbocycles. The van der Waals surface area contributed by atoms with Gasteiger partial charge in [-0.15, -0.1) is 0 Å². The van der Waals surface area contributed by atoms with E-state index in [-0.39, 0.29) is 0 Å². The van der Waals surface area contributed by atoms with Gasteiger partial charge in [-0.3, -0.25) is 4.79 Å². The molecule has 0 saturated heterocycles. The maximum Gasteiger partial charge on any atom is 0.309 e. The van der Waals surface area contributed by atoms with E-state index in [0.29, 0.717) is 31.0 Å². The first-order valence-corrected chi connectivity index (χ1v) is 7.13. The lowest BCUT2D eigenvalue weighted by Crippen LogP contribution is -2.39. The first-order chi connectivity index (χ1) is 8.32. The number of rotatable bonds is 5. The van der Waals surface area contributed by atoms with E-state index in [1.54, 1.807) is 0 Å². The summed E-state index contributed by atoms with van der Waals surface area (Å²) >= 11 is 0. The standard InChI is InChI=1S/C15H28O3/c1-5-18-11-10-15(13(16)17)8-6-12(7-9-15)14(2,3)4/h12H,5-11H2,1-4H3,(H,16,17).